The van der Waals surface area contributed by atoms with Crippen molar-refractivity contribution in [2.75, 3.05) is 32.8 Å². The Balaban J connectivity index is 1.67. The Morgan fingerprint density at radius 1 is 1.28 bits per heavy atom. The molecule has 1 aromatic rings. The lowest BCUT2D eigenvalue weighted by Crippen LogP contribution is -2.52. The lowest BCUT2D eigenvalue weighted by atomic mass is 9.72. The van der Waals surface area contributed by atoms with Crippen LogP contribution in [0.2, 0.25) is 5.02 Å². The summed E-state index contributed by atoms with van der Waals surface area (Å²) in [6, 6.07) is 4.24. The number of benzene rings is 1. The minimum atomic E-state index is -0.602. The highest BCUT2D eigenvalue weighted by Crippen LogP contribution is 2.40. The number of carbonyl (C=O) groups excluding carboxylic acids is 2. The highest BCUT2D eigenvalue weighted by atomic mass is 35.5. The van der Waals surface area contributed by atoms with Gasteiger partial charge >= 0.3 is 0 Å². The fourth-order valence-corrected chi connectivity index (χ4v) is 4.12. The van der Waals surface area contributed by atoms with Crippen molar-refractivity contribution in [2.24, 2.45) is 5.41 Å². The predicted molar refractivity (Wildman–Crippen MR) is 91.9 cm³/mol. The molecule has 0 radical (unpaired) electrons. The number of aliphatic hydroxyl groups is 1. The molecule has 5 nitrogen and oxygen atoms in total. The van der Waals surface area contributed by atoms with Crippen molar-refractivity contribution in [3.8, 4) is 0 Å². The summed E-state index contributed by atoms with van der Waals surface area (Å²) in [4.78, 5) is 27.9. The van der Waals surface area contributed by atoms with E-state index >= 15 is 0 Å². The van der Waals surface area contributed by atoms with Gasteiger partial charge in [-0.25, -0.2) is 4.39 Å². The first-order chi connectivity index (χ1) is 12.0. The average Bonchev–Trinajstić information content (AvgIpc) is 2.59. The molecule has 25 heavy (non-hydrogen) atoms. The minimum Gasteiger partial charge on any atom is -0.395 e. The van der Waals surface area contributed by atoms with E-state index in [1.165, 1.54) is 18.2 Å². The molecule has 2 fully saturated rings. The van der Waals surface area contributed by atoms with Crippen LogP contribution in [0.5, 0.6) is 0 Å². The third-order valence-electron chi connectivity index (χ3n) is 5.41. The summed E-state index contributed by atoms with van der Waals surface area (Å²) in [5.41, 5.74) is -0.0837. The van der Waals surface area contributed by atoms with Crippen LogP contribution in [-0.4, -0.2) is 59.5 Å². The number of aliphatic hydroxyl groups excluding tert-OH is 1. The molecule has 2 amide bonds. The molecule has 2 aliphatic heterocycles. The number of likely N-dealkylation sites (tertiary alicyclic amines) is 2. The van der Waals surface area contributed by atoms with Gasteiger partial charge in [0.1, 0.15) is 5.82 Å². The molecule has 2 aliphatic rings. The van der Waals surface area contributed by atoms with E-state index in [1.807, 2.05) is 0 Å². The van der Waals surface area contributed by atoms with Crippen LogP contribution < -0.4 is 0 Å². The van der Waals surface area contributed by atoms with Crippen LogP contribution in [0.1, 0.15) is 36.0 Å². The molecule has 0 aromatic heterocycles. The van der Waals surface area contributed by atoms with E-state index in [1.54, 1.807) is 9.80 Å². The van der Waals surface area contributed by atoms with Gasteiger partial charge in [-0.1, -0.05) is 17.7 Å². The standard InChI is InChI=1S/C18H22ClFN2O3/c19-13-2-1-3-14(20)16(13)17(25)21-8-6-18(7-9-21)5-4-15(24)22(12-18)10-11-23/h1-3,23H,4-12H2. The van der Waals surface area contributed by atoms with Crippen LogP contribution in [0, 0.1) is 11.2 Å². The van der Waals surface area contributed by atoms with E-state index in [-0.39, 0.29) is 34.4 Å². The molecule has 0 unspecified atom stereocenters. The molecule has 2 saturated heterocycles. The van der Waals surface area contributed by atoms with Gasteiger partial charge in [0.2, 0.25) is 5.91 Å². The van der Waals surface area contributed by atoms with Gasteiger partial charge in [-0.05, 0) is 36.8 Å². The molecule has 0 saturated carbocycles. The largest absolute Gasteiger partial charge is 0.395 e. The van der Waals surface area contributed by atoms with Crippen molar-refractivity contribution in [2.45, 2.75) is 25.7 Å². The van der Waals surface area contributed by atoms with Crippen LogP contribution in [0.15, 0.2) is 18.2 Å². The van der Waals surface area contributed by atoms with Gasteiger partial charge in [-0.2, -0.15) is 0 Å². The molecule has 3 rings (SSSR count). The summed E-state index contributed by atoms with van der Waals surface area (Å²) >= 11 is 6.00. The average molecular weight is 369 g/mol. The summed E-state index contributed by atoms with van der Waals surface area (Å²) in [6.45, 7) is 1.97. The van der Waals surface area contributed by atoms with E-state index in [0.29, 0.717) is 32.6 Å². The van der Waals surface area contributed by atoms with Gasteiger partial charge in [-0.15, -0.1) is 0 Å². The Bertz CT molecular complexity index is 654. The van der Waals surface area contributed by atoms with Crippen LogP contribution >= 0.6 is 11.6 Å². The van der Waals surface area contributed by atoms with E-state index in [4.69, 9.17) is 16.7 Å². The second-order valence-corrected chi connectivity index (χ2v) is 7.33. The zero-order valence-electron chi connectivity index (χ0n) is 14.0. The van der Waals surface area contributed by atoms with Gasteiger partial charge in [-0.3, -0.25) is 9.59 Å². The Morgan fingerprint density at radius 2 is 2.00 bits per heavy atom. The zero-order valence-corrected chi connectivity index (χ0v) is 14.8. The number of β-amino-alcohol motifs (C(OH)–C–C–N with tert-alkyl or cyclic N) is 1. The van der Waals surface area contributed by atoms with Gasteiger partial charge in [0, 0.05) is 32.6 Å². The van der Waals surface area contributed by atoms with E-state index in [0.717, 1.165) is 19.3 Å². The number of nitrogens with zero attached hydrogens (tertiary/aromatic N) is 2. The first-order valence-corrected chi connectivity index (χ1v) is 8.95. The predicted octanol–water partition coefficient (Wildman–Crippen LogP) is 2.32. The summed E-state index contributed by atoms with van der Waals surface area (Å²) < 4.78 is 14.0. The van der Waals surface area contributed by atoms with Crippen LogP contribution in [0.25, 0.3) is 0 Å². The van der Waals surface area contributed by atoms with E-state index < -0.39 is 5.82 Å². The quantitative estimate of drug-likeness (QED) is 0.890. The number of halogens is 2. The SMILES string of the molecule is O=C1CCC2(CCN(C(=O)c3c(F)cccc3Cl)CC2)CN1CCO. The first kappa shape index (κ1) is 18.1. The first-order valence-electron chi connectivity index (χ1n) is 8.58. The monoisotopic (exact) mass is 368 g/mol. The zero-order chi connectivity index (χ0) is 18.0. The van der Waals surface area contributed by atoms with Crippen molar-refractivity contribution < 1.29 is 19.1 Å². The number of hydrogen-bond acceptors (Lipinski definition) is 3. The van der Waals surface area contributed by atoms with Crippen LogP contribution in [0.3, 0.4) is 0 Å². The van der Waals surface area contributed by atoms with Crippen molar-refractivity contribution in [3.05, 3.63) is 34.6 Å². The number of piperidine rings is 2. The smallest absolute Gasteiger partial charge is 0.258 e. The molecule has 1 N–H and O–H groups in total. The normalized spacial score (nSPS) is 20.2. The number of carbonyl (C=O) groups is 2. The molecule has 2 heterocycles. The Kier molecular flexibility index (Phi) is 5.29. The van der Waals surface area contributed by atoms with E-state index in [9.17, 15) is 14.0 Å². The molecule has 136 valence electrons. The lowest BCUT2D eigenvalue weighted by molar-refractivity contribution is -0.139. The number of hydrogen-bond donors (Lipinski definition) is 1. The summed E-state index contributed by atoms with van der Waals surface area (Å²) in [5.74, 6) is -0.899. The number of rotatable bonds is 3. The Labute approximate surface area is 151 Å². The summed E-state index contributed by atoms with van der Waals surface area (Å²) in [6.07, 6.45) is 2.81. The molecular formula is C18H22ClFN2O3. The van der Waals surface area contributed by atoms with Gasteiger partial charge in [0.15, 0.2) is 0 Å². The topological polar surface area (TPSA) is 60.9 Å². The molecular weight excluding hydrogens is 347 g/mol. The summed E-state index contributed by atoms with van der Waals surface area (Å²) in [5, 5.41) is 9.25. The third kappa shape index (κ3) is 3.65. The maximum absolute atomic E-state index is 14.0. The van der Waals surface area contributed by atoms with Crippen molar-refractivity contribution in [1.29, 1.82) is 0 Å². The highest BCUT2D eigenvalue weighted by Gasteiger charge is 2.41. The van der Waals surface area contributed by atoms with Gasteiger partial charge in [0.05, 0.1) is 17.2 Å². The van der Waals surface area contributed by atoms with Crippen LogP contribution in [-0.2, 0) is 4.79 Å². The highest BCUT2D eigenvalue weighted by molar-refractivity contribution is 6.33. The fraction of sp³-hybridized carbons (Fsp3) is 0.556. The second-order valence-electron chi connectivity index (χ2n) is 6.93. The summed E-state index contributed by atoms with van der Waals surface area (Å²) in [7, 11) is 0. The van der Waals surface area contributed by atoms with E-state index in [2.05, 4.69) is 0 Å². The maximum atomic E-state index is 14.0. The van der Waals surface area contributed by atoms with Crippen molar-refractivity contribution in [3.63, 3.8) is 0 Å². The molecule has 0 atom stereocenters. The molecule has 1 aromatic carbocycles. The second kappa shape index (κ2) is 7.30. The molecule has 0 bridgehead atoms. The van der Waals surface area contributed by atoms with Gasteiger partial charge in [0.25, 0.3) is 5.91 Å². The maximum Gasteiger partial charge on any atom is 0.258 e. The molecule has 7 heteroatoms. The van der Waals surface area contributed by atoms with Crippen LogP contribution in [0.4, 0.5) is 4.39 Å². The minimum absolute atomic E-state index is 0.0150. The fourth-order valence-electron chi connectivity index (χ4n) is 3.88. The molecule has 0 aliphatic carbocycles. The number of amides is 2. The Hall–Kier alpha value is -1.66. The Morgan fingerprint density at radius 3 is 2.64 bits per heavy atom. The third-order valence-corrected chi connectivity index (χ3v) is 5.72. The molecule has 1 spiro atoms. The van der Waals surface area contributed by atoms with Crippen molar-refractivity contribution >= 4 is 23.4 Å². The van der Waals surface area contributed by atoms with Crippen molar-refractivity contribution in [1.82, 2.24) is 9.80 Å². The lowest BCUT2D eigenvalue weighted by Gasteiger charge is -2.47. The van der Waals surface area contributed by atoms with Gasteiger partial charge < -0.3 is 14.9 Å².